The van der Waals surface area contributed by atoms with Crippen LogP contribution in [0.25, 0.3) is 0 Å². The number of hydrogen-bond donors (Lipinski definition) is 1. The molecule has 0 saturated carbocycles. The number of thiazole rings is 1. The van der Waals surface area contributed by atoms with Crippen LogP contribution in [0.4, 0.5) is 0 Å². The average Bonchev–Trinajstić information content (AvgIpc) is 2.90. The molecule has 1 heterocycles. The van der Waals surface area contributed by atoms with E-state index >= 15 is 0 Å². The van der Waals surface area contributed by atoms with Gasteiger partial charge in [-0.1, -0.05) is 11.3 Å². The Hall–Kier alpha value is -2.28. The maximum atomic E-state index is 11.8. The molecule has 130 valence electrons. The van der Waals surface area contributed by atoms with Crippen molar-refractivity contribution < 1.29 is 14.3 Å². The van der Waals surface area contributed by atoms with E-state index < -0.39 is 0 Å². The van der Waals surface area contributed by atoms with Crippen molar-refractivity contribution in [2.45, 2.75) is 26.8 Å². The minimum Gasteiger partial charge on any atom is -0.494 e. The first-order valence-electron chi connectivity index (χ1n) is 7.87. The van der Waals surface area contributed by atoms with Crippen molar-refractivity contribution in [2.75, 3.05) is 19.8 Å². The number of rotatable bonds is 9. The van der Waals surface area contributed by atoms with Crippen molar-refractivity contribution in [1.29, 1.82) is 0 Å². The smallest absolute Gasteiger partial charge is 0.307 e. The van der Waals surface area contributed by atoms with Crippen molar-refractivity contribution in [3.05, 3.63) is 45.0 Å². The van der Waals surface area contributed by atoms with Gasteiger partial charge in [-0.25, -0.2) is 0 Å². The van der Waals surface area contributed by atoms with Crippen molar-refractivity contribution in [3.8, 4) is 11.5 Å². The zero-order chi connectivity index (χ0) is 17.4. The second kappa shape index (κ2) is 9.12. The van der Waals surface area contributed by atoms with Crippen LogP contribution < -0.4 is 19.7 Å². The zero-order valence-electron chi connectivity index (χ0n) is 13.9. The normalized spacial score (nSPS) is 10.4. The quantitative estimate of drug-likeness (QED) is 0.704. The van der Waals surface area contributed by atoms with Crippen molar-refractivity contribution in [3.63, 3.8) is 0 Å². The molecule has 0 atom stereocenters. The second-order valence-electron chi connectivity index (χ2n) is 5.15. The fourth-order valence-electron chi connectivity index (χ4n) is 2.13. The molecule has 1 N–H and O–H groups in total. The highest BCUT2D eigenvalue weighted by Gasteiger charge is 2.06. The molecule has 0 aliphatic rings. The predicted molar refractivity (Wildman–Crippen MR) is 94.0 cm³/mol. The lowest BCUT2D eigenvalue weighted by Crippen LogP contribution is -2.29. The van der Waals surface area contributed by atoms with Crippen LogP contribution in [0.15, 0.2) is 34.4 Å². The lowest BCUT2D eigenvalue weighted by molar-refractivity contribution is -0.121. The van der Waals surface area contributed by atoms with Crippen LogP contribution >= 0.6 is 11.3 Å². The van der Waals surface area contributed by atoms with E-state index in [2.05, 4.69) is 5.32 Å². The van der Waals surface area contributed by atoms with Gasteiger partial charge in [0.2, 0.25) is 5.91 Å². The Kier molecular flexibility index (Phi) is 6.87. The summed E-state index contributed by atoms with van der Waals surface area (Å²) in [5.74, 6) is 1.44. The minimum absolute atomic E-state index is 0.0286. The molecule has 0 radical (unpaired) electrons. The van der Waals surface area contributed by atoms with Crippen molar-refractivity contribution >= 4 is 17.2 Å². The number of hydrogen-bond acceptors (Lipinski definition) is 5. The van der Waals surface area contributed by atoms with Crippen LogP contribution in [0.5, 0.6) is 11.5 Å². The van der Waals surface area contributed by atoms with Crippen LogP contribution in [-0.4, -0.2) is 30.2 Å². The molecule has 6 nitrogen and oxygen atoms in total. The van der Waals surface area contributed by atoms with Crippen LogP contribution in [0, 0.1) is 6.92 Å². The molecule has 0 bridgehead atoms. The summed E-state index contributed by atoms with van der Waals surface area (Å²) in [6.07, 6.45) is 0.278. The molecule has 2 rings (SSSR count). The summed E-state index contributed by atoms with van der Waals surface area (Å²) < 4.78 is 12.5. The first-order chi connectivity index (χ1) is 11.6. The highest BCUT2D eigenvalue weighted by atomic mass is 32.1. The van der Waals surface area contributed by atoms with Gasteiger partial charge < -0.3 is 19.4 Å². The van der Waals surface area contributed by atoms with Gasteiger partial charge in [-0.2, -0.15) is 0 Å². The van der Waals surface area contributed by atoms with E-state index in [1.54, 1.807) is 9.95 Å². The van der Waals surface area contributed by atoms with Gasteiger partial charge in [0.15, 0.2) is 0 Å². The molecule has 2 aromatic rings. The molecule has 0 saturated heterocycles. The number of nitrogens with zero attached hydrogens (tertiary/aromatic N) is 1. The van der Waals surface area contributed by atoms with E-state index in [1.165, 1.54) is 0 Å². The summed E-state index contributed by atoms with van der Waals surface area (Å²) in [6.45, 7) is 5.63. The summed E-state index contributed by atoms with van der Waals surface area (Å²) in [7, 11) is 0. The third kappa shape index (κ3) is 5.42. The molecule has 0 spiro atoms. The number of ether oxygens (including phenoxy) is 2. The van der Waals surface area contributed by atoms with Gasteiger partial charge in [0.05, 0.1) is 13.2 Å². The van der Waals surface area contributed by atoms with Gasteiger partial charge in [0, 0.05) is 24.0 Å². The predicted octanol–water partition coefficient (Wildman–Crippen LogP) is 2.20. The average molecular weight is 350 g/mol. The second-order valence-corrected chi connectivity index (χ2v) is 5.97. The molecule has 1 amide bonds. The summed E-state index contributed by atoms with van der Waals surface area (Å²) in [5, 5.41) is 4.58. The third-order valence-electron chi connectivity index (χ3n) is 3.37. The number of benzene rings is 1. The summed E-state index contributed by atoms with van der Waals surface area (Å²) >= 11 is 1.15. The standard InChI is InChI=1S/C17H22N2O4S/c1-3-22-14-4-6-15(7-5-14)23-11-9-18-16(20)8-10-19-13(2)12-24-17(19)21/h4-7,12H,3,8-11H2,1-2H3,(H,18,20). The molecule has 0 unspecified atom stereocenters. The Balaban J connectivity index is 1.65. The fraction of sp³-hybridized carbons (Fsp3) is 0.412. The van der Waals surface area contributed by atoms with Crippen LogP contribution in [0.3, 0.4) is 0 Å². The molecular weight excluding hydrogens is 328 g/mol. The molecule has 7 heteroatoms. The summed E-state index contributed by atoms with van der Waals surface area (Å²) in [6, 6.07) is 7.35. The Morgan fingerprint density at radius 2 is 1.88 bits per heavy atom. The minimum atomic E-state index is -0.0946. The van der Waals surface area contributed by atoms with Crippen LogP contribution in [0.2, 0.25) is 0 Å². The van der Waals surface area contributed by atoms with E-state index in [1.807, 2.05) is 38.1 Å². The van der Waals surface area contributed by atoms with Crippen LogP contribution in [0.1, 0.15) is 19.0 Å². The lowest BCUT2D eigenvalue weighted by atomic mass is 10.3. The van der Waals surface area contributed by atoms with Gasteiger partial charge in [0.1, 0.15) is 18.1 Å². The van der Waals surface area contributed by atoms with E-state index in [0.29, 0.717) is 26.3 Å². The highest BCUT2D eigenvalue weighted by Crippen LogP contribution is 2.17. The Morgan fingerprint density at radius 1 is 1.21 bits per heavy atom. The Labute approximate surface area is 145 Å². The van der Waals surface area contributed by atoms with Crippen LogP contribution in [-0.2, 0) is 11.3 Å². The molecule has 0 fully saturated rings. The monoisotopic (exact) mass is 350 g/mol. The van der Waals surface area contributed by atoms with E-state index in [4.69, 9.17) is 9.47 Å². The topological polar surface area (TPSA) is 69.6 Å². The first kappa shape index (κ1) is 18.1. The largest absolute Gasteiger partial charge is 0.494 e. The van der Waals surface area contributed by atoms with Crippen molar-refractivity contribution in [1.82, 2.24) is 9.88 Å². The Morgan fingerprint density at radius 3 is 2.46 bits per heavy atom. The number of nitrogens with one attached hydrogen (secondary N) is 1. The Bertz CT molecular complexity index is 706. The fourth-order valence-corrected chi connectivity index (χ4v) is 2.90. The molecule has 0 aliphatic carbocycles. The summed E-state index contributed by atoms with van der Waals surface area (Å²) in [5.41, 5.74) is 0.886. The zero-order valence-corrected chi connectivity index (χ0v) is 14.7. The number of aryl methyl sites for hydroxylation is 1. The number of carbonyl (C=O) groups is 1. The third-order valence-corrected chi connectivity index (χ3v) is 4.25. The van der Waals surface area contributed by atoms with Gasteiger partial charge in [-0.05, 0) is 38.1 Å². The maximum absolute atomic E-state index is 11.8. The van der Waals surface area contributed by atoms with Gasteiger partial charge in [-0.15, -0.1) is 0 Å². The first-order valence-corrected chi connectivity index (χ1v) is 8.75. The maximum Gasteiger partial charge on any atom is 0.307 e. The molecule has 24 heavy (non-hydrogen) atoms. The van der Waals surface area contributed by atoms with E-state index in [-0.39, 0.29) is 17.2 Å². The van der Waals surface area contributed by atoms with E-state index in [9.17, 15) is 9.59 Å². The van der Waals surface area contributed by atoms with Crippen molar-refractivity contribution in [2.24, 2.45) is 0 Å². The number of amides is 1. The molecule has 1 aromatic carbocycles. The number of aromatic nitrogens is 1. The van der Waals surface area contributed by atoms with E-state index in [0.717, 1.165) is 28.5 Å². The molecular formula is C17H22N2O4S. The summed E-state index contributed by atoms with van der Waals surface area (Å²) in [4.78, 5) is 23.3. The molecule has 0 aliphatic heterocycles. The number of carbonyl (C=O) groups excluding carboxylic acids is 1. The highest BCUT2D eigenvalue weighted by molar-refractivity contribution is 7.07. The van der Waals surface area contributed by atoms with Gasteiger partial charge in [0.25, 0.3) is 0 Å². The lowest BCUT2D eigenvalue weighted by Gasteiger charge is -2.09. The SMILES string of the molecule is CCOc1ccc(OCCNC(=O)CCn2c(C)csc2=O)cc1. The van der Waals surface area contributed by atoms with Gasteiger partial charge >= 0.3 is 4.87 Å². The molecule has 1 aromatic heterocycles. The van der Waals surface area contributed by atoms with Gasteiger partial charge in [-0.3, -0.25) is 9.59 Å².